The Morgan fingerprint density at radius 3 is 2.93 bits per heavy atom. The van der Waals surface area contributed by atoms with Gasteiger partial charge in [0.25, 0.3) is 0 Å². The lowest BCUT2D eigenvalue weighted by Gasteiger charge is -2.23. The highest BCUT2D eigenvalue weighted by Gasteiger charge is 2.14. The van der Waals surface area contributed by atoms with Crippen LogP contribution in [0.3, 0.4) is 0 Å². The van der Waals surface area contributed by atoms with Gasteiger partial charge in [0.2, 0.25) is 0 Å². The molecule has 1 fully saturated rings. The van der Waals surface area contributed by atoms with Crippen LogP contribution in [0.2, 0.25) is 0 Å². The van der Waals surface area contributed by atoms with E-state index in [9.17, 15) is 0 Å². The minimum atomic E-state index is 0.384. The Labute approximate surface area is 90.1 Å². The fourth-order valence-corrected chi connectivity index (χ4v) is 1.68. The molecule has 0 saturated carbocycles. The number of hydrogen-bond donors (Lipinski definition) is 1. The zero-order valence-electron chi connectivity index (χ0n) is 9.29. The first kappa shape index (κ1) is 10.4. The van der Waals surface area contributed by atoms with E-state index >= 15 is 0 Å². The summed E-state index contributed by atoms with van der Waals surface area (Å²) in [6, 6.07) is 0.384. The van der Waals surface area contributed by atoms with Crippen molar-refractivity contribution in [2.24, 2.45) is 0 Å². The Morgan fingerprint density at radius 1 is 1.40 bits per heavy atom. The van der Waals surface area contributed by atoms with Crippen LogP contribution in [0.15, 0.2) is 6.20 Å². The highest BCUT2D eigenvalue weighted by atomic mass is 16.5. The summed E-state index contributed by atoms with van der Waals surface area (Å²) in [6.07, 6.45) is 4.06. The maximum Gasteiger partial charge on any atom is 0.145 e. The third-order valence-corrected chi connectivity index (χ3v) is 2.70. The van der Waals surface area contributed by atoms with Crippen molar-refractivity contribution in [3.8, 4) is 0 Å². The van der Waals surface area contributed by atoms with Gasteiger partial charge in [0.15, 0.2) is 0 Å². The van der Waals surface area contributed by atoms with Crippen molar-refractivity contribution in [1.82, 2.24) is 9.97 Å². The number of nitrogens with one attached hydrogen (secondary N) is 1. The molecule has 4 nitrogen and oxygen atoms in total. The maximum absolute atomic E-state index is 5.40. The van der Waals surface area contributed by atoms with E-state index < -0.39 is 0 Å². The molecule has 2 rings (SSSR count). The number of rotatable bonds is 2. The molecule has 0 aromatic carbocycles. The predicted octanol–water partition coefficient (Wildman–Crippen LogP) is 1.68. The van der Waals surface area contributed by atoms with Gasteiger partial charge >= 0.3 is 0 Å². The van der Waals surface area contributed by atoms with Crippen LogP contribution < -0.4 is 5.32 Å². The molecular weight excluding hydrogens is 190 g/mol. The van der Waals surface area contributed by atoms with Crippen LogP contribution in [-0.2, 0) is 4.74 Å². The van der Waals surface area contributed by atoms with Gasteiger partial charge in [-0.2, -0.15) is 0 Å². The first-order chi connectivity index (χ1) is 7.25. The summed E-state index contributed by atoms with van der Waals surface area (Å²) in [5.41, 5.74) is 1.97. The lowest BCUT2D eigenvalue weighted by Crippen LogP contribution is -2.30. The van der Waals surface area contributed by atoms with E-state index in [-0.39, 0.29) is 0 Å². The molecule has 1 aromatic heterocycles. The van der Waals surface area contributed by atoms with E-state index in [2.05, 4.69) is 15.3 Å². The van der Waals surface area contributed by atoms with E-state index in [1.807, 2.05) is 13.8 Å². The van der Waals surface area contributed by atoms with Crippen molar-refractivity contribution in [3.05, 3.63) is 17.6 Å². The highest BCUT2D eigenvalue weighted by molar-refractivity contribution is 5.34. The van der Waals surface area contributed by atoms with Crippen molar-refractivity contribution < 1.29 is 4.74 Å². The van der Waals surface area contributed by atoms with Gasteiger partial charge in [0, 0.05) is 6.61 Å². The summed E-state index contributed by atoms with van der Waals surface area (Å²) in [7, 11) is 0. The molecule has 1 atom stereocenters. The van der Waals surface area contributed by atoms with Crippen molar-refractivity contribution in [1.29, 1.82) is 0 Å². The normalized spacial score (nSPS) is 21.3. The SMILES string of the molecule is Cc1ncc(NC2CCCOC2)nc1C. The molecule has 2 heterocycles. The van der Waals surface area contributed by atoms with Crippen molar-refractivity contribution in [3.63, 3.8) is 0 Å². The van der Waals surface area contributed by atoms with Crippen molar-refractivity contribution >= 4 is 5.82 Å². The van der Waals surface area contributed by atoms with Gasteiger partial charge < -0.3 is 10.1 Å². The van der Waals surface area contributed by atoms with Gasteiger partial charge in [-0.05, 0) is 26.7 Å². The van der Waals surface area contributed by atoms with Crippen LogP contribution in [0.5, 0.6) is 0 Å². The number of aryl methyl sites for hydroxylation is 2. The molecule has 15 heavy (non-hydrogen) atoms. The van der Waals surface area contributed by atoms with Crippen molar-refractivity contribution in [2.45, 2.75) is 32.7 Å². The zero-order valence-corrected chi connectivity index (χ0v) is 9.29. The summed E-state index contributed by atoms with van der Waals surface area (Å²) < 4.78 is 5.40. The molecule has 1 aliphatic rings. The molecule has 1 unspecified atom stereocenters. The summed E-state index contributed by atoms with van der Waals surface area (Å²) in [6.45, 7) is 5.60. The Hall–Kier alpha value is -1.16. The summed E-state index contributed by atoms with van der Waals surface area (Å²) in [4.78, 5) is 8.72. The van der Waals surface area contributed by atoms with Gasteiger partial charge in [0.05, 0.1) is 30.2 Å². The topological polar surface area (TPSA) is 47.0 Å². The molecule has 1 saturated heterocycles. The third-order valence-electron chi connectivity index (χ3n) is 2.70. The molecule has 0 bridgehead atoms. The fourth-order valence-electron chi connectivity index (χ4n) is 1.68. The zero-order chi connectivity index (χ0) is 10.7. The standard InChI is InChI=1S/C11H17N3O/c1-8-9(2)13-11(6-12-8)14-10-4-3-5-15-7-10/h6,10H,3-5,7H2,1-2H3,(H,13,14). The predicted molar refractivity (Wildman–Crippen MR) is 59.0 cm³/mol. The number of aromatic nitrogens is 2. The molecular formula is C11H17N3O. The molecule has 0 amide bonds. The molecule has 0 radical (unpaired) electrons. The van der Waals surface area contributed by atoms with Crippen LogP contribution in [-0.4, -0.2) is 29.2 Å². The lowest BCUT2D eigenvalue weighted by molar-refractivity contribution is 0.0875. The minimum Gasteiger partial charge on any atom is -0.379 e. The number of ether oxygens (including phenoxy) is 1. The van der Waals surface area contributed by atoms with E-state index in [1.54, 1.807) is 6.20 Å². The average Bonchev–Trinajstić information content (AvgIpc) is 2.25. The summed E-state index contributed by atoms with van der Waals surface area (Å²) in [5.74, 6) is 0.855. The Kier molecular flexibility index (Phi) is 3.16. The maximum atomic E-state index is 5.40. The van der Waals surface area contributed by atoms with E-state index in [0.29, 0.717) is 6.04 Å². The molecule has 1 N–H and O–H groups in total. The Bertz CT molecular complexity index is 335. The fraction of sp³-hybridized carbons (Fsp3) is 0.636. The minimum absolute atomic E-state index is 0.384. The van der Waals surface area contributed by atoms with Crippen LogP contribution in [0.4, 0.5) is 5.82 Å². The molecule has 4 heteroatoms. The molecule has 1 aromatic rings. The molecule has 0 spiro atoms. The molecule has 0 aliphatic carbocycles. The summed E-state index contributed by atoms with van der Waals surface area (Å²) >= 11 is 0. The monoisotopic (exact) mass is 207 g/mol. The number of hydrogen-bond acceptors (Lipinski definition) is 4. The molecule has 1 aliphatic heterocycles. The van der Waals surface area contributed by atoms with E-state index in [1.165, 1.54) is 0 Å². The second-order valence-corrected chi connectivity index (χ2v) is 3.98. The lowest BCUT2D eigenvalue weighted by atomic mass is 10.1. The highest BCUT2D eigenvalue weighted by Crippen LogP contribution is 2.12. The summed E-state index contributed by atoms with van der Waals surface area (Å²) in [5, 5.41) is 3.35. The van der Waals surface area contributed by atoms with Crippen molar-refractivity contribution in [2.75, 3.05) is 18.5 Å². The van der Waals surface area contributed by atoms with Crippen LogP contribution in [0, 0.1) is 13.8 Å². The van der Waals surface area contributed by atoms with Gasteiger partial charge in [-0.25, -0.2) is 4.98 Å². The molecule has 82 valence electrons. The smallest absolute Gasteiger partial charge is 0.145 e. The second kappa shape index (κ2) is 4.57. The largest absolute Gasteiger partial charge is 0.379 e. The van der Waals surface area contributed by atoms with E-state index in [0.717, 1.165) is 43.3 Å². The Balaban J connectivity index is 2.00. The average molecular weight is 207 g/mol. The van der Waals surface area contributed by atoms with Gasteiger partial charge in [-0.1, -0.05) is 0 Å². The number of anilines is 1. The van der Waals surface area contributed by atoms with Crippen LogP contribution >= 0.6 is 0 Å². The third kappa shape index (κ3) is 2.65. The first-order valence-electron chi connectivity index (χ1n) is 5.40. The van der Waals surface area contributed by atoms with Crippen LogP contribution in [0.1, 0.15) is 24.2 Å². The first-order valence-corrected chi connectivity index (χ1v) is 5.40. The number of nitrogens with zero attached hydrogens (tertiary/aromatic N) is 2. The van der Waals surface area contributed by atoms with Gasteiger partial charge in [-0.3, -0.25) is 4.98 Å². The Morgan fingerprint density at radius 2 is 2.27 bits per heavy atom. The quantitative estimate of drug-likeness (QED) is 0.801. The van der Waals surface area contributed by atoms with Crippen LogP contribution in [0.25, 0.3) is 0 Å². The van der Waals surface area contributed by atoms with Gasteiger partial charge in [-0.15, -0.1) is 0 Å². The van der Waals surface area contributed by atoms with Gasteiger partial charge in [0.1, 0.15) is 5.82 Å². The van der Waals surface area contributed by atoms with E-state index in [4.69, 9.17) is 4.74 Å². The second-order valence-electron chi connectivity index (χ2n) is 3.98.